The molecule has 2 N–H and O–H groups in total. The summed E-state index contributed by atoms with van der Waals surface area (Å²) in [5, 5.41) is 20.4. The van der Waals surface area contributed by atoms with Gasteiger partial charge in [-0.1, -0.05) is 40.2 Å². The zero-order valence-corrected chi connectivity index (χ0v) is 18.8. The zero-order valence-electron chi connectivity index (χ0n) is 17.2. The minimum Gasteiger partial charge on any atom is -0.504 e. The molecule has 0 atom stereocenters. The lowest BCUT2D eigenvalue weighted by Gasteiger charge is -2.08. The molecule has 2 aromatic rings. The van der Waals surface area contributed by atoms with Gasteiger partial charge in [-0.25, -0.2) is 0 Å². The molecule has 0 aliphatic carbocycles. The molecule has 0 saturated carbocycles. The predicted molar refractivity (Wildman–Crippen MR) is 124 cm³/mol. The Morgan fingerprint density at radius 3 is 2.00 bits per heavy atom. The molecule has 0 unspecified atom stereocenters. The maximum Gasteiger partial charge on any atom is 0.163 e. The van der Waals surface area contributed by atoms with E-state index in [1.54, 1.807) is 36.4 Å². The number of ether oxygens (including phenoxy) is 2. The number of ketones is 2. The molecule has 6 nitrogen and oxygen atoms in total. The van der Waals surface area contributed by atoms with Crippen LogP contribution in [0.1, 0.15) is 30.4 Å². The topological polar surface area (TPSA) is 93.1 Å². The van der Waals surface area contributed by atoms with E-state index < -0.39 is 0 Å². The van der Waals surface area contributed by atoms with E-state index in [2.05, 4.69) is 15.9 Å². The van der Waals surface area contributed by atoms with Crippen LogP contribution in [0.4, 0.5) is 0 Å². The van der Waals surface area contributed by atoms with Gasteiger partial charge >= 0.3 is 0 Å². The van der Waals surface area contributed by atoms with Crippen molar-refractivity contribution in [3.8, 4) is 23.0 Å². The molecule has 2 aromatic carbocycles. The van der Waals surface area contributed by atoms with Gasteiger partial charge in [0.1, 0.15) is 0 Å². The number of rotatable bonds is 12. The summed E-state index contributed by atoms with van der Waals surface area (Å²) < 4.78 is 10.6. The molecule has 31 heavy (non-hydrogen) atoms. The number of hydrogen-bond acceptors (Lipinski definition) is 6. The van der Waals surface area contributed by atoms with Crippen LogP contribution in [0.25, 0.3) is 12.2 Å². The van der Waals surface area contributed by atoms with Crippen molar-refractivity contribution >= 4 is 39.6 Å². The molecule has 2 rings (SSSR count). The van der Waals surface area contributed by atoms with E-state index in [1.165, 1.54) is 31.4 Å². The van der Waals surface area contributed by atoms with Gasteiger partial charge < -0.3 is 19.7 Å². The fourth-order valence-electron chi connectivity index (χ4n) is 2.59. The normalized spacial score (nSPS) is 11.2. The third kappa shape index (κ3) is 8.30. The summed E-state index contributed by atoms with van der Waals surface area (Å²) in [6.45, 7) is 0.485. The van der Waals surface area contributed by atoms with Crippen LogP contribution < -0.4 is 9.47 Å². The summed E-state index contributed by atoms with van der Waals surface area (Å²) in [5.74, 6) is 0.0111. The number of allylic oxidation sites excluding steroid dienone is 2. The van der Waals surface area contributed by atoms with Gasteiger partial charge in [-0.05, 0) is 60.4 Å². The Bertz CT molecular complexity index is 965. The quantitative estimate of drug-likeness (QED) is 0.190. The summed E-state index contributed by atoms with van der Waals surface area (Å²) in [6, 6.07) is 9.49. The Kier molecular flexibility index (Phi) is 9.84. The number of alkyl halides is 1. The van der Waals surface area contributed by atoms with Crippen molar-refractivity contribution in [1.82, 2.24) is 0 Å². The number of benzene rings is 2. The summed E-state index contributed by atoms with van der Waals surface area (Å²) in [4.78, 5) is 24.2. The standard InChI is InChI=1S/C24H25BrO6/c1-30-23-14-17(6-10-21(23)28)4-8-19(26)16-20(27)9-5-18-7-11-22(29)24(15-18)31-13-3-2-12-25/h4-11,14-15,28-29H,2-3,12-13,16H2,1H3/b8-4+,9-5+. The molecule has 0 saturated heterocycles. The molecular weight excluding hydrogens is 464 g/mol. The third-order valence-corrected chi connectivity index (χ3v) is 4.81. The molecule has 0 fully saturated rings. The van der Waals surface area contributed by atoms with Crippen molar-refractivity contribution < 1.29 is 29.3 Å². The van der Waals surface area contributed by atoms with E-state index in [0.29, 0.717) is 29.2 Å². The second-order valence-electron chi connectivity index (χ2n) is 6.68. The molecule has 7 heteroatoms. The summed E-state index contributed by atoms with van der Waals surface area (Å²) >= 11 is 3.35. The highest BCUT2D eigenvalue weighted by Gasteiger charge is 2.06. The van der Waals surface area contributed by atoms with Crippen molar-refractivity contribution in [3.63, 3.8) is 0 Å². The minimum absolute atomic E-state index is 0.00742. The van der Waals surface area contributed by atoms with Crippen molar-refractivity contribution in [3.05, 3.63) is 59.7 Å². The number of aromatic hydroxyl groups is 2. The van der Waals surface area contributed by atoms with Gasteiger partial charge in [0.15, 0.2) is 34.6 Å². The first kappa shape index (κ1) is 24.2. The van der Waals surface area contributed by atoms with E-state index in [4.69, 9.17) is 9.47 Å². The van der Waals surface area contributed by atoms with Crippen LogP contribution in [0.5, 0.6) is 23.0 Å². The summed E-state index contributed by atoms with van der Waals surface area (Å²) in [5.41, 5.74) is 1.35. The molecule has 0 spiro atoms. The number of carbonyl (C=O) groups excluding carboxylic acids is 2. The Hall–Kier alpha value is -3.06. The highest BCUT2D eigenvalue weighted by molar-refractivity contribution is 9.09. The first-order valence-electron chi connectivity index (χ1n) is 9.73. The highest BCUT2D eigenvalue weighted by atomic mass is 79.9. The van der Waals surface area contributed by atoms with E-state index in [-0.39, 0.29) is 29.5 Å². The van der Waals surface area contributed by atoms with E-state index in [0.717, 1.165) is 18.2 Å². The fraction of sp³-hybridized carbons (Fsp3) is 0.250. The van der Waals surface area contributed by atoms with Crippen molar-refractivity contribution in [2.45, 2.75) is 19.3 Å². The lowest BCUT2D eigenvalue weighted by molar-refractivity contribution is -0.121. The number of unbranched alkanes of at least 4 members (excludes halogenated alkanes) is 1. The number of phenols is 2. The monoisotopic (exact) mass is 488 g/mol. The van der Waals surface area contributed by atoms with Crippen molar-refractivity contribution in [2.24, 2.45) is 0 Å². The lowest BCUT2D eigenvalue weighted by atomic mass is 10.1. The summed E-state index contributed by atoms with van der Waals surface area (Å²) in [7, 11) is 1.44. The smallest absolute Gasteiger partial charge is 0.163 e. The van der Waals surface area contributed by atoms with Gasteiger partial charge in [0.2, 0.25) is 0 Å². The van der Waals surface area contributed by atoms with Crippen LogP contribution in [0.2, 0.25) is 0 Å². The Labute approximate surface area is 189 Å². The van der Waals surface area contributed by atoms with Crippen molar-refractivity contribution in [1.29, 1.82) is 0 Å². The first-order valence-corrected chi connectivity index (χ1v) is 10.9. The maximum absolute atomic E-state index is 12.1. The number of methoxy groups -OCH3 is 1. The van der Waals surface area contributed by atoms with Gasteiger partial charge in [0.05, 0.1) is 20.1 Å². The molecule has 0 aliphatic heterocycles. The van der Waals surface area contributed by atoms with E-state index >= 15 is 0 Å². The average molecular weight is 489 g/mol. The minimum atomic E-state index is -0.344. The Morgan fingerprint density at radius 1 is 0.903 bits per heavy atom. The fourth-order valence-corrected chi connectivity index (χ4v) is 2.99. The Morgan fingerprint density at radius 2 is 1.45 bits per heavy atom. The number of hydrogen-bond donors (Lipinski definition) is 2. The summed E-state index contributed by atoms with van der Waals surface area (Å²) in [6.07, 6.45) is 7.34. The second-order valence-corrected chi connectivity index (χ2v) is 7.47. The third-order valence-electron chi connectivity index (χ3n) is 4.24. The zero-order chi connectivity index (χ0) is 22.6. The molecule has 0 aromatic heterocycles. The average Bonchev–Trinajstić information content (AvgIpc) is 2.76. The molecule has 0 amide bonds. The molecule has 0 aliphatic rings. The molecular formula is C24H25BrO6. The van der Waals surface area contributed by atoms with Crippen LogP contribution in [0, 0.1) is 0 Å². The second kappa shape index (κ2) is 12.6. The van der Waals surface area contributed by atoms with E-state index in [1.807, 2.05) is 0 Å². The van der Waals surface area contributed by atoms with Gasteiger partial charge in [0, 0.05) is 5.33 Å². The number of carbonyl (C=O) groups is 2. The molecule has 0 heterocycles. The molecule has 0 radical (unpaired) electrons. The van der Waals surface area contributed by atoms with Crippen LogP contribution >= 0.6 is 15.9 Å². The van der Waals surface area contributed by atoms with E-state index in [9.17, 15) is 19.8 Å². The number of halogens is 1. The highest BCUT2D eigenvalue weighted by Crippen LogP contribution is 2.28. The largest absolute Gasteiger partial charge is 0.504 e. The van der Waals surface area contributed by atoms with Gasteiger partial charge in [-0.15, -0.1) is 0 Å². The molecule has 0 bridgehead atoms. The number of phenolic OH excluding ortho intramolecular Hbond substituents is 2. The maximum atomic E-state index is 12.1. The van der Waals surface area contributed by atoms with Gasteiger partial charge in [-0.3, -0.25) is 9.59 Å². The molecule has 164 valence electrons. The van der Waals surface area contributed by atoms with Crippen LogP contribution in [-0.4, -0.2) is 40.8 Å². The first-order chi connectivity index (χ1) is 14.9. The Balaban J connectivity index is 1.92. The van der Waals surface area contributed by atoms with Gasteiger partial charge in [0.25, 0.3) is 0 Å². The SMILES string of the molecule is COc1cc(/C=C/C(=O)CC(=O)/C=C/c2ccc(O)c(OCCCCBr)c2)ccc1O. The van der Waals surface area contributed by atoms with Crippen molar-refractivity contribution in [2.75, 3.05) is 19.0 Å². The lowest BCUT2D eigenvalue weighted by Crippen LogP contribution is -2.02. The van der Waals surface area contributed by atoms with Crippen LogP contribution in [0.3, 0.4) is 0 Å². The van der Waals surface area contributed by atoms with Gasteiger partial charge in [-0.2, -0.15) is 0 Å². The van der Waals surface area contributed by atoms with Crippen LogP contribution in [-0.2, 0) is 9.59 Å². The predicted octanol–water partition coefficient (Wildman–Crippen LogP) is 4.92. The van der Waals surface area contributed by atoms with Crippen LogP contribution in [0.15, 0.2) is 48.6 Å².